The van der Waals surface area contributed by atoms with Crippen LogP contribution in [0.25, 0.3) is 39.1 Å². The summed E-state index contributed by atoms with van der Waals surface area (Å²) >= 11 is 0. The van der Waals surface area contributed by atoms with E-state index in [0.29, 0.717) is 41.5 Å². The molecule has 0 saturated heterocycles. The molecule has 0 aliphatic rings. The van der Waals surface area contributed by atoms with E-state index in [4.69, 9.17) is 9.51 Å². The van der Waals surface area contributed by atoms with Crippen LogP contribution in [0.1, 0.15) is 35.4 Å². The Morgan fingerprint density at radius 1 is 1.00 bits per heavy atom. The van der Waals surface area contributed by atoms with Crippen LogP contribution in [0.15, 0.2) is 81.0 Å². The average molecular weight is 507 g/mol. The van der Waals surface area contributed by atoms with Crippen molar-refractivity contribution in [3.8, 4) is 22.7 Å². The standard InChI is InChI=1S/C28H22N6O4/c1-3-12-34-27(36)20-15-18(10-11-21(20)30-28(34)37)24(35)25-31-23(22-9-4-5-13-33(22)25)17-7-6-8-19(14-17)26-29-16(2)32-38-26/h4-11,13-15H,3,12H2,1-2H3,(H,30,37). The Balaban J connectivity index is 1.48. The molecule has 6 rings (SSSR count). The Bertz CT molecular complexity index is 1980. The van der Waals surface area contributed by atoms with Gasteiger partial charge in [0.25, 0.3) is 11.4 Å². The number of hydrogen-bond donors (Lipinski definition) is 1. The van der Waals surface area contributed by atoms with Crippen LogP contribution in [0.5, 0.6) is 0 Å². The van der Waals surface area contributed by atoms with Crippen molar-refractivity contribution in [2.75, 3.05) is 0 Å². The molecule has 0 amide bonds. The molecule has 0 saturated carbocycles. The summed E-state index contributed by atoms with van der Waals surface area (Å²) in [4.78, 5) is 50.8. The lowest BCUT2D eigenvalue weighted by molar-refractivity contribution is 0.102. The summed E-state index contributed by atoms with van der Waals surface area (Å²) in [5, 5.41) is 4.13. The minimum Gasteiger partial charge on any atom is -0.334 e. The van der Waals surface area contributed by atoms with Gasteiger partial charge in [0.2, 0.25) is 5.78 Å². The highest BCUT2D eigenvalue weighted by molar-refractivity contribution is 6.09. The quantitative estimate of drug-likeness (QED) is 0.338. The van der Waals surface area contributed by atoms with Crippen molar-refractivity contribution in [3.05, 3.63) is 105 Å². The maximum absolute atomic E-state index is 13.7. The summed E-state index contributed by atoms with van der Waals surface area (Å²) in [6.45, 7) is 3.93. The molecule has 0 bridgehead atoms. The van der Waals surface area contributed by atoms with E-state index in [9.17, 15) is 14.4 Å². The predicted molar refractivity (Wildman–Crippen MR) is 141 cm³/mol. The van der Waals surface area contributed by atoms with Crippen LogP contribution < -0.4 is 11.2 Å². The van der Waals surface area contributed by atoms with Gasteiger partial charge in [-0.05, 0) is 55.8 Å². The minimum atomic E-state index is -0.467. The average Bonchev–Trinajstić information content (AvgIpc) is 3.55. The van der Waals surface area contributed by atoms with Crippen molar-refractivity contribution in [2.24, 2.45) is 0 Å². The van der Waals surface area contributed by atoms with Gasteiger partial charge in [-0.1, -0.05) is 30.3 Å². The number of H-pyrrole nitrogens is 1. The van der Waals surface area contributed by atoms with Gasteiger partial charge < -0.3 is 9.51 Å². The number of nitrogens with one attached hydrogen (secondary N) is 1. The third-order valence-corrected chi connectivity index (χ3v) is 6.35. The van der Waals surface area contributed by atoms with Crippen molar-refractivity contribution >= 4 is 22.2 Å². The van der Waals surface area contributed by atoms with Gasteiger partial charge in [0.05, 0.1) is 22.1 Å². The highest BCUT2D eigenvalue weighted by Gasteiger charge is 2.21. The molecule has 0 atom stereocenters. The van der Waals surface area contributed by atoms with E-state index in [-0.39, 0.29) is 17.0 Å². The van der Waals surface area contributed by atoms with Crippen LogP contribution in [-0.4, -0.2) is 34.9 Å². The number of pyridine rings is 1. The van der Waals surface area contributed by atoms with Gasteiger partial charge >= 0.3 is 5.69 Å². The molecule has 0 radical (unpaired) electrons. The number of carbonyl (C=O) groups is 1. The number of imidazole rings is 1. The molecule has 6 aromatic rings. The molecule has 4 heterocycles. The number of carbonyl (C=O) groups excluding carboxylic acids is 1. The van der Waals surface area contributed by atoms with Crippen molar-refractivity contribution < 1.29 is 9.32 Å². The lowest BCUT2D eigenvalue weighted by atomic mass is 10.1. The summed E-state index contributed by atoms with van der Waals surface area (Å²) in [5.74, 6) is 0.779. The fourth-order valence-electron chi connectivity index (χ4n) is 4.57. The van der Waals surface area contributed by atoms with E-state index in [1.54, 1.807) is 29.7 Å². The van der Waals surface area contributed by atoms with E-state index in [0.717, 1.165) is 21.2 Å². The molecule has 188 valence electrons. The van der Waals surface area contributed by atoms with Gasteiger partial charge in [-0.2, -0.15) is 4.98 Å². The van der Waals surface area contributed by atoms with E-state index in [2.05, 4.69) is 15.1 Å². The number of hydrogen-bond acceptors (Lipinski definition) is 7. The molecule has 0 aliphatic carbocycles. The molecule has 2 aromatic carbocycles. The van der Waals surface area contributed by atoms with E-state index in [1.807, 2.05) is 49.4 Å². The van der Waals surface area contributed by atoms with E-state index < -0.39 is 11.2 Å². The normalized spacial score (nSPS) is 11.4. The monoisotopic (exact) mass is 506 g/mol. The molecular weight excluding hydrogens is 484 g/mol. The third kappa shape index (κ3) is 3.83. The Morgan fingerprint density at radius 3 is 2.63 bits per heavy atom. The molecule has 10 nitrogen and oxygen atoms in total. The zero-order valence-electron chi connectivity index (χ0n) is 20.6. The zero-order valence-corrected chi connectivity index (χ0v) is 20.6. The smallest absolute Gasteiger partial charge is 0.328 e. The van der Waals surface area contributed by atoms with Crippen molar-refractivity contribution in [1.29, 1.82) is 0 Å². The van der Waals surface area contributed by atoms with E-state index in [1.165, 1.54) is 6.07 Å². The summed E-state index contributed by atoms with van der Waals surface area (Å²) < 4.78 is 8.20. The lowest BCUT2D eigenvalue weighted by Gasteiger charge is -2.06. The summed E-state index contributed by atoms with van der Waals surface area (Å²) in [6.07, 6.45) is 2.40. The molecule has 1 N–H and O–H groups in total. The number of rotatable bonds is 6. The second kappa shape index (κ2) is 9.07. The number of fused-ring (bicyclic) bond motifs is 2. The molecule has 0 spiro atoms. The van der Waals surface area contributed by atoms with Gasteiger partial charge in [0.15, 0.2) is 11.6 Å². The van der Waals surface area contributed by atoms with Crippen LogP contribution >= 0.6 is 0 Å². The lowest BCUT2D eigenvalue weighted by Crippen LogP contribution is -2.35. The second-order valence-corrected chi connectivity index (χ2v) is 8.94. The maximum Gasteiger partial charge on any atom is 0.328 e. The third-order valence-electron chi connectivity index (χ3n) is 6.35. The van der Waals surface area contributed by atoms with E-state index >= 15 is 0 Å². The first-order chi connectivity index (χ1) is 18.4. The number of ketones is 1. The highest BCUT2D eigenvalue weighted by Crippen LogP contribution is 2.29. The fraction of sp³-hybridized carbons (Fsp3) is 0.143. The molecule has 4 aromatic heterocycles. The zero-order chi connectivity index (χ0) is 26.4. The molecule has 10 heteroatoms. The number of aromatic nitrogens is 6. The van der Waals surface area contributed by atoms with Gasteiger partial charge in [-0.25, -0.2) is 9.78 Å². The van der Waals surface area contributed by atoms with Crippen LogP contribution in [0.3, 0.4) is 0 Å². The molecule has 38 heavy (non-hydrogen) atoms. The summed E-state index contributed by atoms with van der Waals surface area (Å²) in [6, 6.07) is 17.8. The van der Waals surface area contributed by atoms with Crippen LogP contribution in [0.4, 0.5) is 0 Å². The maximum atomic E-state index is 13.7. The first kappa shape index (κ1) is 23.3. The largest absolute Gasteiger partial charge is 0.334 e. The SMILES string of the molecule is CCCn1c(=O)[nH]c2ccc(C(=O)c3nc(-c4cccc(-c5nc(C)no5)c4)c4ccccn34)cc2c1=O. The first-order valence-electron chi connectivity index (χ1n) is 12.1. The summed E-state index contributed by atoms with van der Waals surface area (Å²) in [5.41, 5.74) is 2.65. The van der Waals surface area contributed by atoms with Gasteiger partial charge in [-0.3, -0.25) is 18.6 Å². The summed E-state index contributed by atoms with van der Waals surface area (Å²) in [7, 11) is 0. The highest BCUT2D eigenvalue weighted by atomic mass is 16.5. The fourth-order valence-corrected chi connectivity index (χ4v) is 4.57. The van der Waals surface area contributed by atoms with Crippen LogP contribution in [-0.2, 0) is 6.54 Å². The second-order valence-electron chi connectivity index (χ2n) is 8.94. The Hall–Kier alpha value is -5.12. The van der Waals surface area contributed by atoms with Gasteiger partial charge in [0, 0.05) is 29.4 Å². The first-order valence-corrected chi connectivity index (χ1v) is 12.1. The van der Waals surface area contributed by atoms with Gasteiger partial charge in [0.1, 0.15) is 0 Å². The number of nitrogens with zero attached hydrogens (tertiary/aromatic N) is 5. The van der Waals surface area contributed by atoms with Crippen LogP contribution in [0, 0.1) is 6.92 Å². The molecule has 0 unspecified atom stereocenters. The topological polar surface area (TPSA) is 128 Å². The van der Waals surface area contributed by atoms with Gasteiger partial charge in [-0.15, -0.1) is 0 Å². The molecule has 0 fully saturated rings. The number of benzene rings is 2. The van der Waals surface area contributed by atoms with Crippen molar-refractivity contribution in [2.45, 2.75) is 26.8 Å². The Morgan fingerprint density at radius 2 is 1.84 bits per heavy atom. The number of aromatic amines is 1. The number of aryl methyl sites for hydroxylation is 1. The van der Waals surface area contributed by atoms with Crippen molar-refractivity contribution in [1.82, 2.24) is 29.1 Å². The minimum absolute atomic E-state index is 0.201. The predicted octanol–water partition coefficient (Wildman–Crippen LogP) is 4.00. The molecule has 0 aliphatic heterocycles. The van der Waals surface area contributed by atoms with Crippen LogP contribution in [0.2, 0.25) is 0 Å². The Kier molecular flexibility index (Phi) is 5.56. The van der Waals surface area contributed by atoms with Crippen molar-refractivity contribution in [3.63, 3.8) is 0 Å². The Labute approximate surface area is 215 Å². The molecular formula is C28H22N6O4.